The summed E-state index contributed by atoms with van der Waals surface area (Å²) in [6, 6.07) is 33.5. The van der Waals surface area contributed by atoms with Gasteiger partial charge in [-0.15, -0.1) is 0 Å². The van der Waals surface area contributed by atoms with Crippen molar-refractivity contribution >= 4 is 43.7 Å². The normalized spacial score (nSPS) is 11.2. The second kappa shape index (κ2) is 15.2. The van der Waals surface area contributed by atoms with Crippen molar-refractivity contribution in [2.24, 2.45) is 0 Å². The molecule has 246 valence electrons. The molecule has 0 aliphatic carbocycles. The first-order chi connectivity index (χ1) is 23.1. The third kappa shape index (κ3) is 9.57. The topological polar surface area (TPSA) is 169 Å². The Morgan fingerprint density at radius 2 is 0.875 bits per heavy atom. The highest BCUT2D eigenvalue weighted by atomic mass is 32.2. The maximum absolute atomic E-state index is 13.1. The SMILES string of the molecule is O=C(NCc1ccccc1)Nc1cccc(OS(=O)(=O)c2cccc(S(=O)(=O)Oc3cccc(NC(=O)NCc4ccccc4)c3)c2)c1. The zero-order valence-corrected chi connectivity index (χ0v) is 26.8. The first kappa shape index (κ1) is 33.5. The van der Waals surface area contributed by atoms with Gasteiger partial charge in [0.1, 0.15) is 21.3 Å². The Balaban J connectivity index is 1.21. The van der Waals surface area contributed by atoms with Crippen LogP contribution in [0.25, 0.3) is 0 Å². The monoisotopic (exact) mass is 686 g/mol. The Morgan fingerprint density at radius 1 is 0.479 bits per heavy atom. The van der Waals surface area contributed by atoms with Gasteiger partial charge in [-0.3, -0.25) is 0 Å². The third-order valence-corrected chi connectivity index (χ3v) is 9.06. The third-order valence-electron chi connectivity index (χ3n) is 6.57. The summed E-state index contributed by atoms with van der Waals surface area (Å²) in [6.45, 7) is 0.573. The van der Waals surface area contributed by atoms with Crippen LogP contribution < -0.4 is 29.6 Å². The number of urea groups is 2. The molecule has 0 unspecified atom stereocenters. The van der Waals surface area contributed by atoms with E-state index in [1.807, 2.05) is 60.7 Å². The van der Waals surface area contributed by atoms with Crippen molar-refractivity contribution in [3.05, 3.63) is 145 Å². The van der Waals surface area contributed by atoms with Crippen molar-refractivity contribution in [2.45, 2.75) is 22.9 Å². The number of nitrogens with one attached hydrogen (secondary N) is 4. The molecule has 5 rings (SSSR count). The summed E-state index contributed by atoms with van der Waals surface area (Å²) in [4.78, 5) is 23.8. The summed E-state index contributed by atoms with van der Waals surface area (Å²) in [5.41, 5.74) is 2.33. The van der Waals surface area contributed by atoms with Gasteiger partial charge in [-0.25, -0.2) is 9.59 Å². The lowest BCUT2D eigenvalue weighted by atomic mass is 10.2. The van der Waals surface area contributed by atoms with E-state index in [4.69, 9.17) is 8.37 Å². The summed E-state index contributed by atoms with van der Waals surface area (Å²) in [5.74, 6) is -0.227. The van der Waals surface area contributed by atoms with E-state index in [1.165, 1.54) is 54.6 Å². The second-order valence-corrected chi connectivity index (χ2v) is 13.3. The standard InChI is InChI=1S/C34H30N4O8S2/c39-33(35-23-25-10-3-1-4-11-25)37-27-14-7-16-29(20-27)45-47(41,42)31-18-9-19-32(22-31)48(43,44)46-30-17-8-15-28(21-30)38-34(40)36-24-26-12-5-2-6-13-26/h1-22H,23-24H2,(H2,35,37,39)(H2,36,38,40). The lowest BCUT2D eigenvalue weighted by Crippen LogP contribution is -2.28. The maximum Gasteiger partial charge on any atom is 0.339 e. The lowest BCUT2D eigenvalue weighted by Gasteiger charge is -2.12. The van der Waals surface area contributed by atoms with Crippen molar-refractivity contribution in [1.29, 1.82) is 0 Å². The van der Waals surface area contributed by atoms with E-state index >= 15 is 0 Å². The van der Waals surface area contributed by atoms with Crippen molar-refractivity contribution < 1.29 is 34.8 Å². The van der Waals surface area contributed by atoms with Crippen molar-refractivity contribution in [3.8, 4) is 11.5 Å². The summed E-state index contributed by atoms with van der Waals surface area (Å²) in [5, 5.41) is 10.6. The zero-order chi connectivity index (χ0) is 34.0. The zero-order valence-electron chi connectivity index (χ0n) is 25.2. The molecule has 14 heteroatoms. The van der Waals surface area contributed by atoms with Crippen molar-refractivity contribution in [1.82, 2.24) is 10.6 Å². The van der Waals surface area contributed by atoms with Gasteiger partial charge in [0.25, 0.3) is 0 Å². The Hall–Kier alpha value is -5.86. The highest BCUT2D eigenvalue weighted by Crippen LogP contribution is 2.26. The molecule has 0 fully saturated rings. The Bertz CT molecular complexity index is 1960. The van der Waals surface area contributed by atoms with Crippen LogP contribution in [0, 0.1) is 0 Å². The smallest absolute Gasteiger partial charge is 0.339 e. The average Bonchev–Trinajstić information content (AvgIpc) is 3.07. The first-order valence-corrected chi connectivity index (χ1v) is 17.2. The fourth-order valence-corrected chi connectivity index (χ4v) is 6.31. The van der Waals surface area contributed by atoms with E-state index in [1.54, 1.807) is 12.1 Å². The molecular weight excluding hydrogens is 657 g/mol. The van der Waals surface area contributed by atoms with Gasteiger partial charge in [-0.05, 0) is 53.6 Å². The average molecular weight is 687 g/mol. The predicted octanol–water partition coefficient (Wildman–Crippen LogP) is 5.87. The first-order valence-electron chi connectivity index (χ1n) is 14.4. The highest BCUT2D eigenvalue weighted by molar-refractivity contribution is 7.88. The van der Waals surface area contributed by atoms with Gasteiger partial charge in [-0.2, -0.15) is 16.8 Å². The van der Waals surface area contributed by atoms with Gasteiger partial charge >= 0.3 is 32.3 Å². The number of carbonyl (C=O) groups excluding carboxylic acids is 2. The van der Waals surface area contributed by atoms with Gasteiger partial charge in [0.15, 0.2) is 0 Å². The highest BCUT2D eigenvalue weighted by Gasteiger charge is 2.23. The van der Waals surface area contributed by atoms with E-state index in [-0.39, 0.29) is 36.0 Å². The van der Waals surface area contributed by atoms with Crippen LogP contribution in [0.15, 0.2) is 143 Å². The Kier molecular flexibility index (Phi) is 10.6. The van der Waals surface area contributed by atoms with E-state index in [0.717, 1.165) is 17.2 Å². The largest absolute Gasteiger partial charge is 0.379 e. The quantitative estimate of drug-likeness (QED) is 0.118. The fourth-order valence-electron chi connectivity index (χ4n) is 4.29. The summed E-state index contributed by atoms with van der Waals surface area (Å²) in [7, 11) is -9.02. The molecule has 0 aromatic heterocycles. The predicted molar refractivity (Wildman–Crippen MR) is 180 cm³/mol. The van der Waals surface area contributed by atoms with Crippen LogP contribution in [0.2, 0.25) is 0 Å². The minimum atomic E-state index is -4.51. The molecule has 0 heterocycles. The molecule has 48 heavy (non-hydrogen) atoms. The summed E-state index contributed by atoms with van der Waals surface area (Å²) >= 11 is 0. The molecule has 0 saturated heterocycles. The van der Waals surface area contributed by atoms with Crippen molar-refractivity contribution in [3.63, 3.8) is 0 Å². The Labute approximate surface area is 278 Å². The molecule has 0 aliphatic heterocycles. The van der Waals surface area contributed by atoms with Gasteiger partial charge in [-0.1, -0.05) is 78.9 Å². The van der Waals surface area contributed by atoms with Gasteiger partial charge < -0.3 is 29.6 Å². The molecule has 0 aliphatic rings. The summed E-state index contributed by atoms with van der Waals surface area (Å²) < 4.78 is 63.0. The van der Waals surface area contributed by atoms with Gasteiger partial charge in [0.2, 0.25) is 0 Å². The molecule has 12 nitrogen and oxygen atoms in total. The number of hydrogen-bond donors (Lipinski definition) is 4. The molecule has 4 amide bonds. The molecule has 5 aromatic rings. The number of amides is 4. The van der Waals surface area contributed by atoms with Crippen LogP contribution in [0.3, 0.4) is 0 Å². The van der Waals surface area contributed by atoms with Crippen molar-refractivity contribution in [2.75, 3.05) is 10.6 Å². The van der Waals surface area contributed by atoms with E-state index in [9.17, 15) is 26.4 Å². The molecule has 4 N–H and O–H groups in total. The molecular formula is C34H30N4O8S2. The lowest BCUT2D eigenvalue weighted by molar-refractivity contribution is 0.251. The molecule has 0 bridgehead atoms. The molecule has 0 radical (unpaired) electrons. The van der Waals surface area contributed by atoms with Crippen LogP contribution in [-0.4, -0.2) is 28.9 Å². The molecule has 0 saturated carbocycles. The minimum absolute atomic E-state index is 0.113. The number of anilines is 2. The Morgan fingerprint density at radius 3 is 1.29 bits per heavy atom. The molecule has 5 aromatic carbocycles. The van der Waals surface area contributed by atoms with Gasteiger partial charge in [0, 0.05) is 36.6 Å². The minimum Gasteiger partial charge on any atom is -0.379 e. The number of rotatable bonds is 12. The number of hydrogen-bond acceptors (Lipinski definition) is 8. The van der Waals surface area contributed by atoms with Crippen LogP contribution in [0.5, 0.6) is 11.5 Å². The second-order valence-electron chi connectivity index (χ2n) is 10.2. The number of carbonyl (C=O) groups is 2. The van der Waals surface area contributed by atoms with E-state index in [2.05, 4.69) is 21.3 Å². The van der Waals surface area contributed by atoms with E-state index < -0.39 is 42.1 Å². The number of benzene rings is 5. The van der Waals surface area contributed by atoms with Gasteiger partial charge in [0.05, 0.1) is 0 Å². The molecule has 0 atom stereocenters. The van der Waals surface area contributed by atoms with E-state index in [0.29, 0.717) is 0 Å². The fraction of sp³-hybridized carbons (Fsp3) is 0.0588. The summed E-state index contributed by atoms with van der Waals surface area (Å²) in [6.07, 6.45) is 0. The maximum atomic E-state index is 13.1. The van der Waals surface area contributed by atoms with Crippen LogP contribution in [0.4, 0.5) is 21.0 Å². The van der Waals surface area contributed by atoms with Crippen LogP contribution in [-0.2, 0) is 33.3 Å². The van der Waals surface area contributed by atoms with Crippen LogP contribution >= 0.6 is 0 Å². The van der Waals surface area contributed by atoms with Crippen LogP contribution in [0.1, 0.15) is 11.1 Å². The molecule has 0 spiro atoms.